The van der Waals surface area contributed by atoms with Gasteiger partial charge in [0.1, 0.15) is 6.04 Å². The molecule has 140 valence electrons. The largest absolute Gasteiger partial charge is 0.409 e. The van der Waals surface area contributed by atoms with Gasteiger partial charge in [0.05, 0.1) is 0 Å². The lowest BCUT2D eigenvalue weighted by molar-refractivity contribution is -0.191. The molecular formula is C20H23F3N2O. The number of aryl methyl sites for hydroxylation is 1. The molecule has 1 atom stereocenters. The maximum absolute atomic E-state index is 13.8. The Balaban J connectivity index is 2.04. The van der Waals surface area contributed by atoms with Crippen LogP contribution in [-0.4, -0.2) is 23.6 Å². The van der Waals surface area contributed by atoms with Crippen LogP contribution in [0.1, 0.15) is 49.8 Å². The van der Waals surface area contributed by atoms with Crippen LogP contribution in [0, 0.1) is 0 Å². The first kappa shape index (κ1) is 18.7. The quantitative estimate of drug-likeness (QED) is 0.739. The minimum atomic E-state index is -4.47. The molecule has 1 unspecified atom stereocenters. The van der Waals surface area contributed by atoms with Crippen LogP contribution >= 0.6 is 0 Å². The summed E-state index contributed by atoms with van der Waals surface area (Å²) in [4.78, 5) is 11.4. The number of unbranched alkanes of at least 4 members (excludes halogenated alkanes) is 2. The van der Waals surface area contributed by atoms with Gasteiger partial charge in [0, 0.05) is 13.0 Å². The van der Waals surface area contributed by atoms with Gasteiger partial charge in [0.15, 0.2) is 0 Å². The van der Waals surface area contributed by atoms with Crippen LogP contribution < -0.4 is 5.43 Å². The predicted octanol–water partition coefficient (Wildman–Crippen LogP) is 4.91. The molecule has 1 fully saturated rings. The van der Waals surface area contributed by atoms with Crippen molar-refractivity contribution < 1.29 is 18.0 Å². The molecule has 26 heavy (non-hydrogen) atoms. The molecule has 1 saturated heterocycles. The fourth-order valence-electron chi connectivity index (χ4n) is 3.58. The zero-order valence-electron chi connectivity index (χ0n) is 14.8. The number of carbonyl (C=O) groups is 1. The number of alkyl halides is 3. The number of nitrogens with zero attached hydrogens (tertiary/aromatic N) is 1. The summed E-state index contributed by atoms with van der Waals surface area (Å²) in [6.07, 6.45) is -0.587. The molecule has 2 aromatic rings. The van der Waals surface area contributed by atoms with E-state index in [0.29, 0.717) is 0 Å². The van der Waals surface area contributed by atoms with E-state index in [-0.39, 0.29) is 24.4 Å². The van der Waals surface area contributed by atoms with Crippen molar-refractivity contribution in [3.8, 4) is 0 Å². The molecule has 0 radical (unpaired) electrons. The summed E-state index contributed by atoms with van der Waals surface area (Å²) >= 11 is 0. The van der Waals surface area contributed by atoms with Crippen molar-refractivity contribution in [2.45, 2.75) is 51.2 Å². The molecule has 2 aromatic carbocycles. The second-order valence-electron chi connectivity index (χ2n) is 6.78. The van der Waals surface area contributed by atoms with E-state index in [2.05, 4.69) is 12.3 Å². The summed E-state index contributed by atoms with van der Waals surface area (Å²) < 4.78 is 41.5. The van der Waals surface area contributed by atoms with Gasteiger partial charge in [-0.15, -0.1) is 0 Å². The predicted molar refractivity (Wildman–Crippen MR) is 95.4 cm³/mol. The Labute approximate surface area is 151 Å². The van der Waals surface area contributed by atoms with Crippen LogP contribution in [0.15, 0.2) is 36.4 Å². The fourth-order valence-corrected chi connectivity index (χ4v) is 3.58. The van der Waals surface area contributed by atoms with Crippen LogP contribution in [0.25, 0.3) is 10.8 Å². The number of hydrogen-bond donors (Lipinski definition) is 1. The fraction of sp³-hybridized carbons (Fsp3) is 0.450. The van der Waals surface area contributed by atoms with Crippen LogP contribution in [0.3, 0.4) is 0 Å². The molecule has 1 N–H and O–H groups in total. The molecule has 0 aliphatic carbocycles. The third-order valence-corrected chi connectivity index (χ3v) is 4.81. The minimum absolute atomic E-state index is 0.0566. The summed E-state index contributed by atoms with van der Waals surface area (Å²) in [7, 11) is 0. The van der Waals surface area contributed by atoms with Crippen molar-refractivity contribution in [2.75, 3.05) is 6.54 Å². The number of halogens is 3. The SMILES string of the molecule is CCCCCc1cc(C(N2CCC(=O)N2)C(F)(F)F)cc2ccccc12. The minimum Gasteiger partial charge on any atom is -0.288 e. The Morgan fingerprint density at radius 2 is 1.96 bits per heavy atom. The first-order valence-electron chi connectivity index (χ1n) is 9.04. The third-order valence-electron chi connectivity index (χ3n) is 4.81. The maximum Gasteiger partial charge on any atom is 0.409 e. The topological polar surface area (TPSA) is 32.3 Å². The van der Waals surface area contributed by atoms with Crippen LogP contribution in [0.4, 0.5) is 13.2 Å². The van der Waals surface area contributed by atoms with Gasteiger partial charge in [-0.2, -0.15) is 13.2 Å². The van der Waals surface area contributed by atoms with Gasteiger partial charge in [-0.05, 0) is 40.8 Å². The first-order chi connectivity index (χ1) is 12.4. The van der Waals surface area contributed by atoms with Crippen LogP contribution in [-0.2, 0) is 11.2 Å². The average Bonchev–Trinajstić information content (AvgIpc) is 2.99. The number of amides is 1. The Morgan fingerprint density at radius 1 is 1.19 bits per heavy atom. The van der Waals surface area contributed by atoms with Gasteiger partial charge in [0.2, 0.25) is 5.91 Å². The van der Waals surface area contributed by atoms with Gasteiger partial charge >= 0.3 is 6.18 Å². The van der Waals surface area contributed by atoms with Gasteiger partial charge < -0.3 is 0 Å². The van der Waals surface area contributed by atoms with Crippen LogP contribution in [0.2, 0.25) is 0 Å². The van der Waals surface area contributed by atoms with Crippen molar-refractivity contribution >= 4 is 16.7 Å². The van der Waals surface area contributed by atoms with Crippen molar-refractivity contribution in [3.05, 3.63) is 47.5 Å². The highest BCUT2D eigenvalue weighted by Crippen LogP contribution is 2.39. The zero-order valence-corrected chi connectivity index (χ0v) is 14.8. The monoisotopic (exact) mass is 364 g/mol. The van der Waals surface area contributed by atoms with Gasteiger partial charge in [0.25, 0.3) is 0 Å². The Hall–Kier alpha value is -2.08. The highest BCUT2D eigenvalue weighted by atomic mass is 19.4. The number of rotatable bonds is 6. The molecule has 1 aliphatic rings. The molecule has 0 bridgehead atoms. The van der Waals surface area contributed by atoms with Crippen molar-refractivity contribution in [3.63, 3.8) is 0 Å². The van der Waals surface area contributed by atoms with E-state index in [1.54, 1.807) is 12.1 Å². The Kier molecular flexibility index (Phi) is 5.51. The molecule has 0 saturated carbocycles. The highest BCUT2D eigenvalue weighted by Gasteiger charge is 2.47. The number of hydrogen-bond acceptors (Lipinski definition) is 2. The smallest absolute Gasteiger partial charge is 0.288 e. The first-order valence-corrected chi connectivity index (χ1v) is 9.04. The van der Waals surface area contributed by atoms with E-state index in [0.717, 1.165) is 47.0 Å². The zero-order chi connectivity index (χ0) is 18.7. The van der Waals surface area contributed by atoms with E-state index in [9.17, 15) is 18.0 Å². The van der Waals surface area contributed by atoms with Gasteiger partial charge in [-0.25, -0.2) is 5.01 Å². The summed E-state index contributed by atoms with van der Waals surface area (Å²) in [5.41, 5.74) is 3.47. The second-order valence-corrected chi connectivity index (χ2v) is 6.78. The summed E-state index contributed by atoms with van der Waals surface area (Å²) in [6.45, 7) is 2.16. The molecule has 1 heterocycles. The van der Waals surface area contributed by atoms with Crippen molar-refractivity contribution in [2.24, 2.45) is 0 Å². The molecule has 0 spiro atoms. The lowest BCUT2D eigenvalue weighted by Crippen LogP contribution is -2.43. The maximum atomic E-state index is 13.8. The third kappa shape index (κ3) is 4.01. The van der Waals surface area contributed by atoms with Crippen LogP contribution in [0.5, 0.6) is 0 Å². The Morgan fingerprint density at radius 3 is 2.62 bits per heavy atom. The van der Waals surface area contributed by atoms with E-state index >= 15 is 0 Å². The molecule has 3 nitrogen and oxygen atoms in total. The van der Waals surface area contributed by atoms with E-state index < -0.39 is 12.2 Å². The van der Waals surface area contributed by atoms with E-state index in [1.165, 1.54) is 0 Å². The highest BCUT2D eigenvalue weighted by molar-refractivity contribution is 5.86. The molecule has 1 aliphatic heterocycles. The number of nitrogens with one attached hydrogen (secondary N) is 1. The van der Waals surface area contributed by atoms with E-state index in [4.69, 9.17) is 0 Å². The molecule has 0 aromatic heterocycles. The van der Waals surface area contributed by atoms with Gasteiger partial charge in [-0.3, -0.25) is 10.2 Å². The number of hydrazine groups is 1. The number of carbonyl (C=O) groups excluding carboxylic acids is 1. The second kappa shape index (κ2) is 7.66. The van der Waals surface area contributed by atoms with Gasteiger partial charge in [-0.1, -0.05) is 50.1 Å². The average molecular weight is 364 g/mol. The lowest BCUT2D eigenvalue weighted by Gasteiger charge is -2.30. The number of benzene rings is 2. The standard InChI is InChI=1S/C20H23F3N2O/c1-2-3-4-7-14-12-16(13-15-8-5-6-9-17(14)15)19(20(21,22)23)25-11-10-18(26)24-25/h5-6,8-9,12-13,19H,2-4,7,10-11H2,1H3,(H,24,26). The molecular weight excluding hydrogens is 341 g/mol. The summed E-state index contributed by atoms with van der Waals surface area (Å²) in [6, 6.07) is 8.99. The molecule has 6 heteroatoms. The lowest BCUT2D eigenvalue weighted by atomic mass is 9.93. The molecule has 3 rings (SSSR count). The summed E-state index contributed by atoms with van der Waals surface area (Å²) in [5, 5.41) is 2.82. The van der Waals surface area contributed by atoms with Crippen molar-refractivity contribution in [1.29, 1.82) is 0 Å². The Bertz CT molecular complexity index is 788. The summed E-state index contributed by atoms with van der Waals surface area (Å²) in [5.74, 6) is -0.372. The molecule has 1 amide bonds. The van der Waals surface area contributed by atoms with E-state index in [1.807, 2.05) is 24.3 Å². The van der Waals surface area contributed by atoms with Crippen molar-refractivity contribution in [1.82, 2.24) is 10.4 Å². The number of fused-ring (bicyclic) bond motifs is 1. The normalized spacial score (nSPS) is 16.8.